The second-order valence-electron chi connectivity index (χ2n) is 7.68. The molecule has 1 aromatic rings. The molecule has 27 heavy (non-hydrogen) atoms. The van der Waals surface area contributed by atoms with Crippen molar-refractivity contribution in [2.45, 2.75) is 45.1 Å². The van der Waals surface area contributed by atoms with Crippen molar-refractivity contribution in [3.05, 3.63) is 29.8 Å². The maximum absolute atomic E-state index is 12.8. The minimum Gasteiger partial charge on any atom is -0.341 e. The molecule has 3 rings (SSSR count). The van der Waals surface area contributed by atoms with Crippen molar-refractivity contribution in [1.29, 1.82) is 0 Å². The summed E-state index contributed by atoms with van der Waals surface area (Å²) in [4.78, 5) is 28.5. The number of carbonyl (C=O) groups is 2. The number of nitrogens with zero attached hydrogens (tertiary/aromatic N) is 2. The predicted molar refractivity (Wildman–Crippen MR) is 105 cm³/mol. The van der Waals surface area contributed by atoms with Gasteiger partial charge in [0.1, 0.15) is 0 Å². The fraction of sp³-hybridized carbons (Fsp3) is 0.600. The Balaban J connectivity index is 1.63. The Morgan fingerprint density at radius 2 is 1.96 bits per heavy atom. The molecule has 1 aromatic carbocycles. The first-order chi connectivity index (χ1) is 12.8. The lowest BCUT2D eigenvalue weighted by Crippen LogP contribution is -2.42. The molecule has 2 amide bonds. The number of benzene rings is 1. The number of unbranched alkanes of at least 4 members (excludes halogenated alkanes) is 1. The number of hydrogen-bond acceptors (Lipinski definition) is 4. The molecule has 2 aliphatic rings. The van der Waals surface area contributed by atoms with E-state index in [2.05, 4.69) is 6.92 Å². The van der Waals surface area contributed by atoms with Gasteiger partial charge in [0.05, 0.1) is 17.4 Å². The quantitative estimate of drug-likeness (QED) is 0.742. The Kier molecular flexibility index (Phi) is 5.89. The summed E-state index contributed by atoms with van der Waals surface area (Å²) < 4.78 is 23.3. The monoisotopic (exact) mass is 392 g/mol. The molecule has 0 N–H and O–H groups in total. The normalized spacial score (nSPS) is 24.4. The third kappa shape index (κ3) is 4.51. The summed E-state index contributed by atoms with van der Waals surface area (Å²) in [6, 6.07) is 7.71. The lowest BCUT2D eigenvalue weighted by molar-refractivity contribution is -0.136. The average Bonchev–Trinajstić information content (AvgIpc) is 3.21. The molecule has 0 aliphatic carbocycles. The van der Waals surface area contributed by atoms with E-state index in [1.54, 1.807) is 16.8 Å². The van der Waals surface area contributed by atoms with Gasteiger partial charge in [-0.25, -0.2) is 8.42 Å². The fourth-order valence-electron chi connectivity index (χ4n) is 3.89. The van der Waals surface area contributed by atoms with E-state index in [-0.39, 0.29) is 35.8 Å². The van der Waals surface area contributed by atoms with Crippen molar-refractivity contribution < 1.29 is 18.0 Å². The number of anilines is 1. The molecule has 0 spiro atoms. The van der Waals surface area contributed by atoms with Gasteiger partial charge in [-0.05, 0) is 37.0 Å². The minimum absolute atomic E-state index is 0.0266. The predicted octanol–water partition coefficient (Wildman–Crippen LogP) is 2.03. The second kappa shape index (κ2) is 8.00. The Morgan fingerprint density at radius 1 is 1.26 bits per heavy atom. The molecule has 0 unspecified atom stereocenters. The van der Waals surface area contributed by atoms with Gasteiger partial charge in [-0.15, -0.1) is 0 Å². The second-order valence-corrected chi connectivity index (χ2v) is 9.91. The zero-order valence-corrected chi connectivity index (χ0v) is 16.9. The summed E-state index contributed by atoms with van der Waals surface area (Å²) in [6.45, 7) is 2.52. The van der Waals surface area contributed by atoms with Gasteiger partial charge >= 0.3 is 0 Å². The third-order valence-electron chi connectivity index (χ3n) is 5.65. The molecule has 0 aromatic heterocycles. The highest BCUT2D eigenvalue weighted by atomic mass is 32.2. The summed E-state index contributed by atoms with van der Waals surface area (Å²) in [6.07, 6.45) is 3.98. The van der Waals surface area contributed by atoms with Gasteiger partial charge < -0.3 is 9.80 Å². The number of carbonyl (C=O) groups excluding carboxylic acids is 2. The first-order valence-electron chi connectivity index (χ1n) is 9.67. The van der Waals surface area contributed by atoms with Gasteiger partial charge in [-0.2, -0.15) is 0 Å². The van der Waals surface area contributed by atoms with Gasteiger partial charge in [0, 0.05) is 31.7 Å². The van der Waals surface area contributed by atoms with E-state index in [1.165, 1.54) is 5.56 Å². The van der Waals surface area contributed by atoms with Crippen LogP contribution in [0.3, 0.4) is 0 Å². The van der Waals surface area contributed by atoms with Crippen LogP contribution in [0.15, 0.2) is 24.3 Å². The molecule has 0 saturated carbocycles. The van der Waals surface area contributed by atoms with Crippen LogP contribution in [-0.2, 0) is 25.8 Å². The molecule has 6 nitrogen and oxygen atoms in total. The van der Waals surface area contributed by atoms with Crippen molar-refractivity contribution in [2.24, 2.45) is 5.92 Å². The van der Waals surface area contributed by atoms with Gasteiger partial charge in [0.15, 0.2) is 9.84 Å². The van der Waals surface area contributed by atoms with Crippen LogP contribution in [0.25, 0.3) is 0 Å². The van der Waals surface area contributed by atoms with E-state index in [9.17, 15) is 18.0 Å². The highest BCUT2D eigenvalue weighted by Crippen LogP contribution is 2.28. The average molecular weight is 393 g/mol. The van der Waals surface area contributed by atoms with Gasteiger partial charge in [0.2, 0.25) is 11.8 Å². The summed E-state index contributed by atoms with van der Waals surface area (Å²) in [5.41, 5.74) is 2.07. The van der Waals surface area contributed by atoms with Gasteiger partial charge in [0.25, 0.3) is 0 Å². The molecule has 2 fully saturated rings. The zero-order chi connectivity index (χ0) is 19.6. The molecule has 0 radical (unpaired) electrons. The van der Waals surface area contributed by atoms with E-state index < -0.39 is 15.8 Å². The molecule has 2 aliphatic heterocycles. The number of rotatable bonds is 6. The van der Waals surface area contributed by atoms with Gasteiger partial charge in [-0.1, -0.05) is 25.5 Å². The topological polar surface area (TPSA) is 74.8 Å². The fourth-order valence-corrected chi connectivity index (χ4v) is 5.67. The molecular weight excluding hydrogens is 364 g/mol. The van der Waals surface area contributed by atoms with Crippen LogP contribution in [0.5, 0.6) is 0 Å². The first kappa shape index (κ1) is 19.9. The summed E-state index contributed by atoms with van der Waals surface area (Å²) in [5.74, 6) is -0.436. The van der Waals surface area contributed by atoms with E-state index in [4.69, 9.17) is 0 Å². The largest absolute Gasteiger partial charge is 0.341 e. The maximum Gasteiger partial charge on any atom is 0.228 e. The molecule has 2 atom stereocenters. The van der Waals surface area contributed by atoms with Crippen molar-refractivity contribution in [3.8, 4) is 0 Å². The Labute approximate surface area is 161 Å². The van der Waals surface area contributed by atoms with Crippen molar-refractivity contribution in [2.75, 3.05) is 30.0 Å². The number of amides is 2. The summed E-state index contributed by atoms with van der Waals surface area (Å²) >= 11 is 0. The molecule has 148 valence electrons. The van der Waals surface area contributed by atoms with Crippen molar-refractivity contribution in [3.63, 3.8) is 0 Å². The third-order valence-corrected chi connectivity index (χ3v) is 7.40. The molecule has 2 heterocycles. The summed E-state index contributed by atoms with van der Waals surface area (Å²) in [7, 11) is -1.39. The van der Waals surface area contributed by atoms with Crippen LogP contribution in [0.2, 0.25) is 0 Å². The zero-order valence-electron chi connectivity index (χ0n) is 16.1. The minimum atomic E-state index is -3.04. The molecule has 2 saturated heterocycles. The molecular formula is C20H28N2O4S. The lowest BCUT2D eigenvalue weighted by atomic mass is 10.1. The van der Waals surface area contributed by atoms with Crippen LogP contribution in [0.1, 0.15) is 38.2 Å². The van der Waals surface area contributed by atoms with E-state index >= 15 is 0 Å². The van der Waals surface area contributed by atoms with Crippen LogP contribution >= 0.6 is 0 Å². The molecule has 0 bridgehead atoms. The Hall–Kier alpha value is -1.89. The van der Waals surface area contributed by atoms with E-state index in [1.807, 2.05) is 24.3 Å². The van der Waals surface area contributed by atoms with Crippen LogP contribution in [-0.4, -0.2) is 56.3 Å². The highest BCUT2D eigenvalue weighted by Gasteiger charge is 2.40. The SMILES string of the molecule is CCCCc1ccc(N2C[C@H](C(=O)N(C)[C@@H]3CCS(=O)(=O)C3)CC2=O)cc1. The Morgan fingerprint density at radius 3 is 2.56 bits per heavy atom. The van der Waals surface area contributed by atoms with Gasteiger partial charge in [-0.3, -0.25) is 9.59 Å². The van der Waals surface area contributed by atoms with Crippen molar-refractivity contribution in [1.82, 2.24) is 4.90 Å². The van der Waals surface area contributed by atoms with Crippen LogP contribution < -0.4 is 4.90 Å². The molecule has 7 heteroatoms. The lowest BCUT2D eigenvalue weighted by Gasteiger charge is -2.26. The van der Waals surface area contributed by atoms with Crippen LogP contribution in [0, 0.1) is 5.92 Å². The first-order valence-corrected chi connectivity index (χ1v) is 11.5. The van der Waals surface area contributed by atoms with E-state index in [0.717, 1.165) is 24.9 Å². The number of aryl methyl sites for hydroxylation is 1. The number of sulfone groups is 1. The Bertz CT molecular complexity index is 804. The standard InChI is InChI=1S/C20H28N2O4S/c1-3-4-5-15-6-8-17(9-7-15)22-13-16(12-19(22)23)20(24)21(2)18-10-11-27(25,26)14-18/h6-9,16,18H,3-5,10-14H2,1-2H3/t16-,18-/m1/s1. The maximum atomic E-state index is 12.8. The summed E-state index contributed by atoms with van der Waals surface area (Å²) in [5, 5.41) is 0. The van der Waals surface area contributed by atoms with E-state index in [0.29, 0.717) is 13.0 Å². The highest BCUT2D eigenvalue weighted by molar-refractivity contribution is 7.91. The van der Waals surface area contributed by atoms with Crippen LogP contribution in [0.4, 0.5) is 5.69 Å². The number of hydrogen-bond donors (Lipinski definition) is 0. The smallest absolute Gasteiger partial charge is 0.228 e. The van der Waals surface area contributed by atoms with Crippen molar-refractivity contribution >= 4 is 27.3 Å².